The molecule has 0 aliphatic heterocycles. The number of nitrogens with one attached hydrogen (secondary N) is 3. The third-order valence-corrected chi connectivity index (χ3v) is 7.02. The summed E-state index contributed by atoms with van der Waals surface area (Å²) in [6, 6.07) is -2.31. The van der Waals surface area contributed by atoms with E-state index in [0.717, 1.165) is 25.7 Å². The molecule has 3 amide bonds. The van der Waals surface area contributed by atoms with Crippen LogP contribution in [0.2, 0.25) is 0 Å². The van der Waals surface area contributed by atoms with Crippen molar-refractivity contribution >= 4 is 17.9 Å². The molecule has 0 aromatic heterocycles. The lowest BCUT2D eigenvalue weighted by Crippen LogP contribution is -2.58. The van der Waals surface area contributed by atoms with Crippen LogP contribution in [0.25, 0.3) is 0 Å². The maximum absolute atomic E-state index is 13.5. The summed E-state index contributed by atoms with van der Waals surface area (Å²) in [5.74, 6) is -0.400. The number of rotatable bonds is 15. The summed E-state index contributed by atoms with van der Waals surface area (Å²) in [7, 11) is 0. The molecule has 5 unspecified atom stereocenters. The van der Waals surface area contributed by atoms with E-state index >= 15 is 0 Å². The average Bonchev–Trinajstić information content (AvgIpc) is 2.81. The highest BCUT2D eigenvalue weighted by atomic mass is 16.5. The van der Waals surface area contributed by atoms with Crippen LogP contribution < -0.4 is 16.0 Å². The van der Waals surface area contributed by atoms with E-state index in [-0.39, 0.29) is 24.4 Å². The Kier molecular flexibility index (Phi) is 15.1. The number of hydrogen-bond donors (Lipinski definition) is 5. The van der Waals surface area contributed by atoms with Crippen molar-refractivity contribution in [2.24, 2.45) is 23.7 Å². The Balaban J connectivity index is 3.06. The van der Waals surface area contributed by atoms with E-state index in [1.165, 1.54) is 6.42 Å². The van der Waals surface area contributed by atoms with Gasteiger partial charge < -0.3 is 30.9 Å². The first-order chi connectivity index (χ1) is 17.3. The molecule has 1 aliphatic rings. The summed E-state index contributed by atoms with van der Waals surface area (Å²) in [4.78, 5) is 38.7. The average molecular weight is 528 g/mol. The van der Waals surface area contributed by atoms with Gasteiger partial charge in [0.2, 0.25) is 11.8 Å². The Labute approximate surface area is 223 Å². The molecule has 1 aliphatic carbocycles. The number of hydrogen-bond acceptors (Lipinski definition) is 6. The topological polar surface area (TPSA) is 137 Å². The predicted octanol–water partition coefficient (Wildman–Crippen LogP) is 3.51. The molecular formula is C28H53N3O6. The van der Waals surface area contributed by atoms with Crippen molar-refractivity contribution < 1.29 is 29.3 Å². The second-order valence-electron chi connectivity index (χ2n) is 11.8. The fraction of sp³-hybridized carbons (Fsp3) is 0.893. The number of ether oxygens (including phenoxy) is 1. The monoisotopic (exact) mass is 527 g/mol. The zero-order chi connectivity index (χ0) is 28.1. The minimum atomic E-state index is -1.11. The molecule has 5 atom stereocenters. The normalized spacial score (nSPS) is 18.7. The van der Waals surface area contributed by atoms with Crippen molar-refractivity contribution in [3.8, 4) is 0 Å². The van der Waals surface area contributed by atoms with Gasteiger partial charge in [-0.15, -0.1) is 0 Å². The quantitative estimate of drug-likeness (QED) is 0.221. The van der Waals surface area contributed by atoms with Crippen LogP contribution in [0.4, 0.5) is 4.79 Å². The van der Waals surface area contributed by atoms with Crippen LogP contribution in [-0.4, -0.2) is 65.1 Å². The Morgan fingerprint density at radius 2 is 1.30 bits per heavy atom. The molecule has 0 aromatic rings. The molecular weight excluding hydrogens is 474 g/mol. The predicted molar refractivity (Wildman–Crippen MR) is 145 cm³/mol. The summed E-state index contributed by atoms with van der Waals surface area (Å²) in [6.07, 6.45) is 4.15. The third kappa shape index (κ3) is 12.5. The van der Waals surface area contributed by atoms with Crippen LogP contribution >= 0.6 is 0 Å². The third-order valence-electron chi connectivity index (χ3n) is 7.02. The standard InChI is InChI=1S/C28H53N3O6/c1-8-37-28(36)31-23(15-18(4)5)27(35)30-22(14-17(2)3)26(34)29-21(25(33)24(32)19(6)7)16-20-12-10-9-11-13-20/h17-25,32-33H,8-16H2,1-7H3,(H,29,34)(H,30,35)(H,31,36). The summed E-state index contributed by atoms with van der Waals surface area (Å²) >= 11 is 0. The van der Waals surface area contributed by atoms with E-state index in [1.54, 1.807) is 6.92 Å². The van der Waals surface area contributed by atoms with Gasteiger partial charge in [0.15, 0.2) is 0 Å². The summed E-state index contributed by atoms with van der Waals surface area (Å²) in [6.45, 7) is 13.4. The lowest BCUT2D eigenvalue weighted by Gasteiger charge is -2.34. The van der Waals surface area contributed by atoms with E-state index in [2.05, 4.69) is 16.0 Å². The molecule has 0 spiro atoms. The first-order valence-corrected chi connectivity index (χ1v) is 14.3. The van der Waals surface area contributed by atoms with Gasteiger partial charge in [0.25, 0.3) is 0 Å². The number of aliphatic hydroxyl groups excluding tert-OH is 2. The fourth-order valence-corrected chi connectivity index (χ4v) is 4.97. The number of amides is 3. The van der Waals surface area contributed by atoms with Gasteiger partial charge in [-0.25, -0.2) is 4.79 Å². The SMILES string of the molecule is CCOC(=O)NC(CC(C)C)C(=O)NC(CC(C)C)C(=O)NC(CC1CCCCC1)C(O)C(O)C(C)C. The lowest BCUT2D eigenvalue weighted by atomic mass is 9.82. The maximum atomic E-state index is 13.5. The minimum absolute atomic E-state index is 0.112. The number of carbonyl (C=O) groups excluding carboxylic acids is 3. The summed E-state index contributed by atoms with van der Waals surface area (Å²) in [5, 5.41) is 30.0. The molecule has 0 radical (unpaired) electrons. The summed E-state index contributed by atoms with van der Waals surface area (Å²) < 4.78 is 4.95. The molecule has 0 heterocycles. The van der Waals surface area contributed by atoms with Crippen LogP contribution in [0.15, 0.2) is 0 Å². The van der Waals surface area contributed by atoms with Gasteiger partial charge in [-0.2, -0.15) is 0 Å². The van der Waals surface area contributed by atoms with Gasteiger partial charge >= 0.3 is 6.09 Å². The van der Waals surface area contributed by atoms with Gasteiger partial charge in [0.05, 0.1) is 18.8 Å². The summed E-state index contributed by atoms with van der Waals surface area (Å²) in [5.41, 5.74) is 0. The van der Waals surface area contributed by atoms with Crippen LogP contribution in [0.1, 0.15) is 99.8 Å². The fourth-order valence-electron chi connectivity index (χ4n) is 4.97. The van der Waals surface area contributed by atoms with E-state index in [4.69, 9.17) is 4.74 Å². The number of carbonyl (C=O) groups is 3. The molecule has 1 saturated carbocycles. The molecule has 5 N–H and O–H groups in total. The van der Waals surface area contributed by atoms with Crippen LogP contribution in [0, 0.1) is 23.7 Å². The van der Waals surface area contributed by atoms with Crippen molar-refractivity contribution in [1.29, 1.82) is 0 Å². The van der Waals surface area contributed by atoms with Crippen molar-refractivity contribution in [2.75, 3.05) is 6.61 Å². The van der Waals surface area contributed by atoms with Crippen molar-refractivity contribution in [3.63, 3.8) is 0 Å². The molecule has 0 saturated heterocycles. The zero-order valence-corrected chi connectivity index (χ0v) is 24.1. The van der Waals surface area contributed by atoms with E-state index in [9.17, 15) is 24.6 Å². The minimum Gasteiger partial charge on any atom is -0.450 e. The van der Waals surface area contributed by atoms with Crippen LogP contribution in [0.5, 0.6) is 0 Å². The van der Waals surface area contributed by atoms with Crippen molar-refractivity contribution in [1.82, 2.24) is 16.0 Å². The highest BCUT2D eigenvalue weighted by molar-refractivity contribution is 5.91. The Hall–Kier alpha value is -1.87. The first-order valence-electron chi connectivity index (χ1n) is 14.3. The van der Waals surface area contributed by atoms with Crippen molar-refractivity contribution in [2.45, 2.75) is 130 Å². The van der Waals surface area contributed by atoms with Gasteiger partial charge in [0, 0.05) is 0 Å². The van der Waals surface area contributed by atoms with E-state index in [0.29, 0.717) is 25.2 Å². The Morgan fingerprint density at radius 3 is 1.78 bits per heavy atom. The lowest BCUT2D eigenvalue weighted by molar-refractivity contribution is -0.132. The molecule has 0 bridgehead atoms. The molecule has 216 valence electrons. The largest absolute Gasteiger partial charge is 0.450 e. The molecule has 9 nitrogen and oxygen atoms in total. The molecule has 37 heavy (non-hydrogen) atoms. The second kappa shape index (κ2) is 16.9. The van der Waals surface area contributed by atoms with E-state index in [1.807, 2.05) is 41.5 Å². The molecule has 0 aromatic carbocycles. The Morgan fingerprint density at radius 1 is 0.784 bits per heavy atom. The molecule has 1 fully saturated rings. The number of aliphatic hydroxyl groups is 2. The van der Waals surface area contributed by atoms with Crippen molar-refractivity contribution in [3.05, 3.63) is 0 Å². The maximum Gasteiger partial charge on any atom is 0.407 e. The Bertz CT molecular complexity index is 693. The van der Waals surface area contributed by atoms with Crippen LogP contribution in [-0.2, 0) is 14.3 Å². The van der Waals surface area contributed by atoms with Gasteiger partial charge in [-0.05, 0) is 49.9 Å². The second-order valence-corrected chi connectivity index (χ2v) is 11.8. The van der Waals surface area contributed by atoms with Crippen LogP contribution in [0.3, 0.4) is 0 Å². The molecule has 1 rings (SSSR count). The van der Waals surface area contributed by atoms with Gasteiger partial charge in [-0.1, -0.05) is 73.6 Å². The highest BCUT2D eigenvalue weighted by Gasteiger charge is 2.35. The zero-order valence-electron chi connectivity index (χ0n) is 24.1. The highest BCUT2D eigenvalue weighted by Crippen LogP contribution is 2.29. The first kappa shape index (κ1) is 33.2. The number of alkyl carbamates (subject to hydrolysis) is 1. The van der Waals surface area contributed by atoms with Gasteiger partial charge in [0.1, 0.15) is 18.2 Å². The smallest absolute Gasteiger partial charge is 0.407 e. The van der Waals surface area contributed by atoms with Gasteiger partial charge in [-0.3, -0.25) is 9.59 Å². The molecule has 9 heteroatoms. The van der Waals surface area contributed by atoms with E-state index < -0.39 is 48.2 Å².